The summed E-state index contributed by atoms with van der Waals surface area (Å²) >= 11 is 5.93. The topological polar surface area (TPSA) is 59.8 Å². The third kappa shape index (κ3) is 4.78. The Morgan fingerprint density at radius 1 is 1.06 bits per heavy atom. The Balaban J connectivity index is 1.69. The standard InChI is InChI=1S/C25H25ClN4O/c1-3-4-10-23-28-22-15-21(29-25(31)19-11-13-20(26)14-12-19)17(2)27-24(22)30(23)16-18-8-6-5-7-9-18/h5-9,11-15H,3-4,10,16H2,1-2H3,(H,29,31). The molecular weight excluding hydrogens is 408 g/mol. The van der Waals surface area contributed by atoms with Crippen LogP contribution in [-0.2, 0) is 13.0 Å². The van der Waals surface area contributed by atoms with Gasteiger partial charge in [0.05, 0.1) is 17.9 Å². The highest BCUT2D eigenvalue weighted by atomic mass is 35.5. The molecule has 0 fully saturated rings. The maximum atomic E-state index is 12.7. The lowest BCUT2D eigenvalue weighted by Gasteiger charge is -2.11. The molecule has 2 heterocycles. The number of unbranched alkanes of at least 4 members (excludes halogenated alkanes) is 1. The van der Waals surface area contributed by atoms with Crippen molar-refractivity contribution < 1.29 is 4.79 Å². The zero-order chi connectivity index (χ0) is 21.8. The molecular formula is C25H25ClN4O. The number of aryl methyl sites for hydroxylation is 2. The molecule has 4 aromatic rings. The normalized spacial score (nSPS) is 11.1. The molecule has 6 heteroatoms. The number of benzene rings is 2. The zero-order valence-corrected chi connectivity index (χ0v) is 18.5. The van der Waals surface area contributed by atoms with E-state index in [1.807, 2.05) is 31.2 Å². The van der Waals surface area contributed by atoms with Gasteiger partial charge in [0, 0.05) is 17.0 Å². The molecule has 0 spiro atoms. The number of rotatable bonds is 7. The molecule has 4 rings (SSSR count). The van der Waals surface area contributed by atoms with Crippen LogP contribution in [0.2, 0.25) is 5.02 Å². The van der Waals surface area contributed by atoms with Gasteiger partial charge in [0.15, 0.2) is 5.65 Å². The van der Waals surface area contributed by atoms with E-state index in [4.69, 9.17) is 21.6 Å². The van der Waals surface area contributed by atoms with E-state index in [1.165, 1.54) is 5.56 Å². The minimum Gasteiger partial charge on any atom is -0.320 e. The molecule has 5 nitrogen and oxygen atoms in total. The van der Waals surface area contributed by atoms with Crippen LogP contribution in [-0.4, -0.2) is 20.4 Å². The van der Waals surface area contributed by atoms with Crippen LogP contribution in [0.15, 0.2) is 60.7 Å². The van der Waals surface area contributed by atoms with Crippen LogP contribution >= 0.6 is 11.6 Å². The van der Waals surface area contributed by atoms with Crippen LogP contribution in [0.4, 0.5) is 5.69 Å². The van der Waals surface area contributed by atoms with Crippen LogP contribution in [0.25, 0.3) is 11.2 Å². The second-order valence-electron chi connectivity index (χ2n) is 7.63. The summed E-state index contributed by atoms with van der Waals surface area (Å²) in [6, 6.07) is 19.1. The molecule has 0 aliphatic carbocycles. The van der Waals surface area contributed by atoms with Gasteiger partial charge in [-0.3, -0.25) is 4.79 Å². The highest BCUT2D eigenvalue weighted by molar-refractivity contribution is 6.30. The number of hydrogen-bond donors (Lipinski definition) is 1. The van der Waals surface area contributed by atoms with Crippen LogP contribution in [0, 0.1) is 6.92 Å². The predicted molar refractivity (Wildman–Crippen MR) is 126 cm³/mol. The first-order chi connectivity index (χ1) is 15.0. The minimum absolute atomic E-state index is 0.198. The fraction of sp³-hybridized carbons (Fsp3) is 0.240. The molecule has 1 amide bonds. The first-order valence-electron chi connectivity index (χ1n) is 10.5. The largest absolute Gasteiger partial charge is 0.320 e. The monoisotopic (exact) mass is 432 g/mol. The van der Waals surface area contributed by atoms with E-state index >= 15 is 0 Å². The second-order valence-corrected chi connectivity index (χ2v) is 8.06. The predicted octanol–water partition coefficient (Wildman–Crippen LogP) is 6.04. The van der Waals surface area contributed by atoms with E-state index in [-0.39, 0.29) is 5.91 Å². The van der Waals surface area contributed by atoms with Crippen molar-refractivity contribution in [3.8, 4) is 0 Å². The number of imidazole rings is 1. The van der Waals surface area contributed by atoms with Crippen molar-refractivity contribution in [3.63, 3.8) is 0 Å². The zero-order valence-electron chi connectivity index (χ0n) is 17.7. The van der Waals surface area contributed by atoms with E-state index in [1.54, 1.807) is 24.3 Å². The Hall–Kier alpha value is -3.18. The van der Waals surface area contributed by atoms with Crippen molar-refractivity contribution in [1.29, 1.82) is 0 Å². The molecule has 2 aromatic heterocycles. The van der Waals surface area contributed by atoms with E-state index in [0.717, 1.165) is 48.5 Å². The lowest BCUT2D eigenvalue weighted by molar-refractivity contribution is 0.102. The fourth-order valence-corrected chi connectivity index (χ4v) is 3.69. The van der Waals surface area contributed by atoms with Gasteiger partial charge in [-0.2, -0.15) is 0 Å². The van der Waals surface area contributed by atoms with Crippen LogP contribution in [0.1, 0.15) is 47.2 Å². The summed E-state index contributed by atoms with van der Waals surface area (Å²) in [5, 5.41) is 3.56. The lowest BCUT2D eigenvalue weighted by Crippen LogP contribution is -2.13. The summed E-state index contributed by atoms with van der Waals surface area (Å²) in [6.07, 6.45) is 3.06. The SMILES string of the molecule is CCCCc1nc2cc(NC(=O)c3ccc(Cl)cc3)c(C)nc2n1Cc1ccccc1. The molecule has 0 bridgehead atoms. The third-order valence-corrected chi connectivity index (χ3v) is 5.53. The summed E-state index contributed by atoms with van der Waals surface area (Å²) in [7, 11) is 0. The summed E-state index contributed by atoms with van der Waals surface area (Å²) in [5.74, 6) is 0.824. The average Bonchev–Trinajstić information content (AvgIpc) is 3.09. The van der Waals surface area contributed by atoms with E-state index in [0.29, 0.717) is 16.3 Å². The molecule has 0 atom stereocenters. The number of amides is 1. The minimum atomic E-state index is -0.198. The smallest absolute Gasteiger partial charge is 0.255 e. The Morgan fingerprint density at radius 3 is 2.52 bits per heavy atom. The number of carbonyl (C=O) groups is 1. The molecule has 0 radical (unpaired) electrons. The molecule has 0 aliphatic rings. The number of carbonyl (C=O) groups excluding carboxylic acids is 1. The molecule has 2 aromatic carbocycles. The van der Waals surface area contributed by atoms with E-state index < -0.39 is 0 Å². The summed E-state index contributed by atoms with van der Waals surface area (Å²) < 4.78 is 2.19. The summed E-state index contributed by atoms with van der Waals surface area (Å²) in [6.45, 7) is 4.80. The van der Waals surface area contributed by atoms with Crippen LogP contribution in [0.5, 0.6) is 0 Å². The van der Waals surface area contributed by atoms with Gasteiger partial charge in [-0.25, -0.2) is 9.97 Å². The number of anilines is 1. The number of pyridine rings is 1. The quantitative estimate of drug-likeness (QED) is 0.387. The maximum Gasteiger partial charge on any atom is 0.255 e. The Bertz CT molecular complexity index is 1200. The second kappa shape index (κ2) is 9.31. The highest BCUT2D eigenvalue weighted by Crippen LogP contribution is 2.24. The van der Waals surface area contributed by atoms with Gasteiger partial charge in [0.2, 0.25) is 0 Å². The van der Waals surface area contributed by atoms with Gasteiger partial charge in [-0.1, -0.05) is 55.3 Å². The number of fused-ring (bicyclic) bond motifs is 1. The molecule has 1 N–H and O–H groups in total. The van der Waals surface area contributed by atoms with Crippen molar-refractivity contribution in [3.05, 3.63) is 88.3 Å². The highest BCUT2D eigenvalue weighted by Gasteiger charge is 2.16. The third-order valence-electron chi connectivity index (χ3n) is 5.28. The molecule has 0 aliphatic heterocycles. The Kier molecular flexibility index (Phi) is 6.33. The van der Waals surface area contributed by atoms with Crippen molar-refractivity contribution >= 4 is 34.4 Å². The fourth-order valence-electron chi connectivity index (χ4n) is 3.56. The van der Waals surface area contributed by atoms with Gasteiger partial charge in [0.1, 0.15) is 11.3 Å². The van der Waals surface area contributed by atoms with Gasteiger partial charge < -0.3 is 9.88 Å². The lowest BCUT2D eigenvalue weighted by atomic mass is 10.2. The number of aromatic nitrogens is 3. The van der Waals surface area contributed by atoms with Crippen LogP contribution in [0.3, 0.4) is 0 Å². The van der Waals surface area contributed by atoms with Gasteiger partial charge >= 0.3 is 0 Å². The van der Waals surface area contributed by atoms with Gasteiger partial charge in [-0.05, 0) is 49.2 Å². The Morgan fingerprint density at radius 2 is 1.81 bits per heavy atom. The molecule has 0 saturated heterocycles. The molecule has 158 valence electrons. The number of halogens is 1. The molecule has 31 heavy (non-hydrogen) atoms. The number of nitrogens with one attached hydrogen (secondary N) is 1. The van der Waals surface area contributed by atoms with Crippen molar-refractivity contribution in [2.45, 2.75) is 39.7 Å². The Labute approximate surface area is 187 Å². The van der Waals surface area contributed by atoms with E-state index in [2.05, 4.69) is 28.9 Å². The van der Waals surface area contributed by atoms with Crippen molar-refractivity contribution in [2.75, 3.05) is 5.32 Å². The number of nitrogens with zero attached hydrogens (tertiary/aromatic N) is 3. The summed E-state index contributed by atoms with van der Waals surface area (Å²) in [5.41, 5.74) is 4.81. The van der Waals surface area contributed by atoms with Crippen LogP contribution < -0.4 is 5.32 Å². The van der Waals surface area contributed by atoms with Gasteiger partial charge in [0.25, 0.3) is 5.91 Å². The summed E-state index contributed by atoms with van der Waals surface area (Å²) in [4.78, 5) is 22.4. The first-order valence-corrected chi connectivity index (χ1v) is 10.9. The number of hydrogen-bond acceptors (Lipinski definition) is 3. The molecule has 0 unspecified atom stereocenters. The van der Waals surface area contributed by atoms with Crippen molar-refractivity contribution in [1.82, 2.24) is 14.5 Å². The maximum absolute atomic E-state index is 12.7. The van der Waals surface area contributed by atoms with Gasteiger partial charge in [-0.15, -0.1) is 0 Å². The first kappa shape index (κ1) is 21.1. The van der Waals surface area contributed by atoms with Crippen molar-refractivity contribution in [2.24, 2.45) is 0 Å². The van der Waals surface area contributed by atoms with E-state index in [9.17, 15) is 4.79 Å². The molecule has 0 saturated carbocycles. The average molecular weight is 433 g/mol.